The minimum absolute atomic E-state index is 0.222. The fourth-order valence-electron chi connectivity index (χ4n) is 3.69. The molecule has 9 nitrogen and oxygen atoms in total. The summed E-state index contributed by atoms with van der Waals surface area (Å²) in [5, 5.41) is 5.60. The smallest absolute Gasteiger partial charge is 0.261 e. The van der Waals surface area contributed by atoms with Gasteiger partial charge in [-0.2, -0.15) is 0 Å². The summed E-state index contributed by atoms with van der Waals surface area (Å²) in [6.45, 7) is 1.03. The first kappa shape index (κ1) is 23.8. The lowest BCUT2D eigenvalue weighted by atomic mass is 10.1. The lowest BCUT2D eigenvalue weighted by Crippen LogP contribution is -2.31. The van der Waals surface area contributed by atoms with Crippen LogP contribution in [0, 0.1) is 0 Å². The monoisotopic (exact) mass is 472 g/mol. The average molecular weight is 473 g/mol. The van der Waals surface area contributed by atoms with E-state index in [0.29, 0.717) is 36.4 Å². The number of ether oxygens (including phenoxy) is 1. The van der Waals surface area contributed by atoms with Crippen molar-refractivity contribution >= 4 is 29.3 Å². The van der Waals surface area contributed by atoms with E-state index in [1.165, 1.54) is 29.3 Å². The highest BCUT2D eigenvalue weighted by Gasteiger charge is 2.35. The highest BCUT2D eigenvalue weighted by Crippen LogP contribution is 2.25. The average Bonchev–Trinajstić information content (AvgIpc) is 3.13. The maximum absolute atomic E-state index is 12.8. The Morgan fingerprint density at radius 3 is 2.43 bits per heavy atom. The van der Waals surface area contributed by atoms with E-state index >= 15 is 0 Å². The number of carbonyl (C=O) groups excluding carboxylic acids is 4. The van der Waals surface area contributed by atoms with Crippen LogP contribution in [-0.4, -0.2) is 53.8 Å². The van der Waals surface area contributed by atoms with Crippen molar-refractivity contribution in [3.05, 3.63) is 94.8 Å². The Morgan fingerprint density at radius 2 is 1.71 bits per heavy atom. The number of hydrogen-bond acceptors (Lipinski definition) is 6. The van der Waals surface area contributed by atoms with Crippen molar-refractivity contribution in [1.82, 2.24) is 15.2 Å². The Labute approximate surface area is 202 Å². The second-order valence-corrected chi connectivity index (χ2v) is 7.94. The molecule has 4 rings (SSSR count). The van der Waals surface area contributed by atoms with Crippen molar-refractivity contribution in [3.8, 4) is 0 Å². The summed E-state index contributed by atoms with van der Waals surface area (Å²) in [4.78, 5) is 55.2. The van der Waals surface area contributed by atoms with E-state index < -0.39 is 11.8 Å². The van der Waals surface area contributed by atoms with E-state index in [2.05, 4.69) is 15.6 Å². The highest BCUT2D eigenvalue weighted by molar-refractivity contribution is 6.22. The summed E-state index contributed by atoms with van der Waals surface area (Å²) in [5.74, 6) is -1.39. The number of nitrogens with one attached hydrogen (secondary N) is 2. The second-order valence-electron chi connectivity index (χ2n) is 7.94. The molecule has 0 saturated heterocycles. The fraction of sp³-hybridized carbons (Fsp3) is 0.192. The molecule has 3 aromatic rings. The number of anilines is 1. The number of imide groups is 1. The van der Waals surface area contributed by atoms with Crippen molar-refractivity contribution in [2.45, 2.75) is 13.0 Å². The van der Waals surface area contributed by atoms with Gasteiger partial charge in [-0.05, 0) is 54.4 Å². The summed E-state index contributed by atoms with van der Waals surface area (Å²) in [6.07, 6.45) is 3.64. The van der Waals surface area contributed by atoms with Crippen molar-refractivity contribution in [2.24, 2.45) is 0 Å². The Morgan fingerprint density at radius 1 is 0.943 bits per heavy atom. The van der Waals surface area contributed by atoms with E-state index in [4.69, 9.17) is 4.74 Å². The summed E-state index contributed by atoms with van der Waals surface area (Å²) in [5.41, 5.74) is 2.68. The van der Waals surface area contributed by atoms with Gasteiger partial charge in [-0.3, -0.25) is 29.1 Å². The summed E-state index contributed by atoms with van der Waals surface area (Å²) < 4.78 is 4.98. The second kappa shape index (κ2) is 10.7. The molecular formula is C26H24N4O5. The number of amides is 4. The molecule has 1 aromatic heterocycles. The third-order valence-electron chi connectivity index (χ3n) is 5.55. The first-order chi connectivity index (χ1) is 17.0. The quantitative estimate of drug-likeness (QED) is 0.365. The van der Waals surface area contributed by atoms with E-state index in [0.717, 1.165) is 5.56 Å². The van der Waals surface area contributed by atoms with Crippen LogP contribution in [0.2, 0.25) is 0 Å². The number of aromatic nitrogens is 1. The fourth-order valence-corrected chi connectivity index (χ4v) is 3.69. The molecule has 0 aliphatic carbocycles. The number of nitrogens with zero attached hydrogens (tertiary/aromatic N) is 2. The third kappa shape index (κ3) is 5.42. The van der Waals surface area contributed by atoms with Gasteiger partial charge >= 0.3 is 0 Å². The molecule has 178 valence electrons. The lowest BCUT2D eigenvalue weighted by molar-refractivity contribution is 0.0638. The van der Waals surface area contributed by atoms with Crippen LogP contribution in [0.15, 0.2) is 67.0 Å². The van der Waals surface area contributed by atoms with Crippen molar-refractivity contribution in [1.29, 1.82) is 0 Å². The van der Waals surface area contributed by atoms with Gasteiger partial charge in [0.25, 0.3) is 23.6 Å². The summed E-state index contributed by atoms with van der Waals surface area (Å²) >= 11 is 0. The SMILES string of the molecule is COCCCN1C(=O)c2ccc(C(=O)Nc3ccc(CNC(=O)c4cccnc4)cc3)cc2C1=O. The number of benzene rings is 2. The van der Waals surface area contributed by atoms with E-state index in [9.17, 15) is 19.2 Å². The molecule has 0 radical (unpaired) electrons. The summed E-state index contributed by atoms with van der Waals surface area (Å²) in [6, 6.07) is 14.9. The molecule has 2 N–H and O–H groups in total. The van der Waals surface area contributed by atoms with Gasteiger partial charge in [0, 0.05) is 50.5 Å². The Bertz CT molecular complexity index is 1260. The van der Waals surface area contributed by atoms with Crippen LogP contribution in [0.5, 0.6) is 0 Å². The minimum Gasteiger partial charge on any atom is -0.385 e. The molecule has 9 heteroatoms. The zero-order valence-corrected chi connectivity index (χ0v) is 19.1. The predicted octanol–water partition coefficient (Wildman–Crippen LogP) is 2.90. The molecule has 2 heterocycles. The Balaban J connectivity index is 1.36. The first-order valence-electron chi connectivity index (χ1n) is 11.1. The molecular weight excluding hydrogens is 448 g/mol. The topological polar surface area (TPSA) is 118 Å². The predicted molar refractivity (Wildman–Crippen MR) is 128 cm³/mol. The van der Waals surface area contributed by atoms with Crippen LogP contribution >= 0.6 is 0 Å². The molecule has 4 amide bonds. The molecule has 0 atom stereocenters. The van der Waals surface area contributed by atoms with Gasteiger partial charge in [0.1, 0.15) is 0 Å². The van der Waals surface area contributed by atoms with E-state index in [1.54, 1.807) is 49.7 Å². The standard InChI is InChI=1S/C26H24N4O5/c1-35-13-3-12-30-25(33)21-10-7-18(14-22(21)26(30)34)24(32)29-20-8-5-17(6-9-20)15-28-23(31)19-4-2-11-27-16-19/h2,4-11,14,16H,3,12-13,15H2,1H3,(H,28,31)(H,29,32). The minimum atomic E-state index is -0.409. The van der Waals surface area contributed by atoms with Gasteiger partial charge in [-0.25, -0.2) is 0 Å². The number of rotatable bonds is 9. The van der Waals surface area contributed by atoms with Crippen LogP contribution in [0.1, 0.15) is 53.4 Å². The molecule has 1 aliphatic heterocycles. The van der Waals surface area contributed by atoms with Crippen molar-refractivity contribution < 1.29 is 23.9 Å². The molecule has 0 fully saturated rings. The van der Waals surface area contributed by atoms with Gasteiger partial charge in [-0.1, -0.05) is 12.1 Å². The third-order valence-corrected chi connectivity index (χ3v) is 5.55. The number of fused-ring (bicyclic) bond motifs is 1. The van der Waals surface area contributed by atoms with Crippen LogP contribution in [-0.2, 0) is 11.3 Å². The maximum atomic E-state index is 12.8. The number of hydrogen-bond donors (Lipinski definition) is 2. The number of pyridine rings is 1. The first-order valence-corrected chi connectivity index (χ1v) is 11.1. The van der Waals surface area contributed by atoms with Crippen LogP contribution in [0.3, 0.4) is 0 Å². The van der Waals surface area contributed by atoms with Gasteiger partial charge in [-0.15, -0.1) is 0 Å². The molecule has 0 spiro atoms. The normalized spacial score (nSPS) is 12.4. The molecule has 0 saturated carbocycles. The molecule has 35 heavy (non-hydrogen) atoms. The lowest BCUT2D eigenvalue weighted by Gasteiger charge is -2.12. The zero-order chi connectivity index (χ0) is 24.8. The Kier molecular flexibility index (Phi) is 7.27. The van der Waals surface area contributed by atoms with Crippen molar-refractivity contribution in [2.75, 3.05) is 25.6 Å². The van der Waals surface area contributed by atoms with E-state index in [1.807, 2.05) is 0 Å². The van der Waals surface area contributed by atoms with Gasteiger partial charge in [0.2, 0.25) is 0 Å². The summed E-state index contributed by atoms with van der Waals surface area (Å²) in [7, 11) is 1.56. The van der Waals surface area contributed by atoms with Gasteiger partial charge < -0.3 is 15.4 Å². The van der Waals surface area contributed by atoms with Gasteiger partial charge in [0.05, 0.1) is 16.7 Å². The molecule has 0 bridgehead atoms. The van der Waals surface area contributed by atoms with Crippen molar-refractivity contribution in [3.63, 3.8) is 0 Å². The largest absolute Gasteiger partial charge is 0.385 e. The van der Waals surface area contributed by atoms with Gasteiger partial charge in [0.15, 0.2) is 0 Å². The number of methoxy groups -OCH3 is 1. The maximum Gasteiger partial charge on any atom is 0.261 e. The zero-order valence-electron chi connectivity index (χ0n) is 19.1. The van der Waals surface area contributed by atoms with Crippen LogP contribution in [0.4, 0.5) is 5.69 Å². The molecule has 2 aromatic carbocycles. The number of carbonyl (C=O) groups is 4. The Hall–Kier alpha value is -4.37. The highest BCUT2D eigenvalue weighted by atomic mass is 16.5. The van der Waals surface area contributed by atoms with Crippen LogP contribution in [0.25, 0.3) is 0 Å². The van der Waals surface area contributed by atoms with E-state index in [-0.39, 0.29) is 29.5 Å². The van der Waals surface area contributed by atoms with Crippen LogP contribution < -0.4 is 10.6 Å². The molecule has 0 unspecified atom stereocenters. The molecule has 1 aliphatic rings.